The second kappa shape index (κ2) is 5.01. The van der Waals surface area contributed by atoms with Crippen LogP contribution in [-0.4, -0.2) is 39.6 Å². The molecule has 1 atom stereocenters. The first-order chi connectivity index (χ1) is 7.66. The van der Waals surface area contributed by atoms with E-state index in [0.717, 1.165) is 16.0 Å². The first-order valence-corrected chi connectivity index (χ1v) is 6.92. The van der Waals surface area contributed by atoms with E-state index in [-0.39, 0.29) is 5.75 Å². The second-order valence-corrected chi connectivity index (χ2v) is 5.90. The third-order valence-corrected chi connectivity index (χ3v) is 4.59. The fourth-order valence-corrected chi connectivity index (χ4v) is 3.41. The maximum atomic E-state index is 10.4. The number of aliphatic carboxylic acids is 1. The molecular weight excluding hydrogens is 246 g/mol. The van der Waals surface area contributed by atoms with Crippen molar-refractivity contribution >= 4 is 34.2 Å². The van der Waals surface area contributed by atoms with Gasteiger partial charge in [0.25, 0.3) is 0 Å². The van der Waals surface area contributed by atoms with Gasteiger partial charge in [-0.05, 0) is 19.8 Å². The molecular formula is C9H13N3O2S2. The molecule has 1 unspecified atom stereocenters. The quantitative estimate of drug-likeness (QED) is 0.830. The minimum absolute atomic E-state index is 0.0458. The molecule has 0 saturated carbocycles. The van der Waals surface area contributed by atoms with Crippen LogP contribution in [0, 0.1) is 0 Å². The second-order valence-electron chi connectivity index (χ2n) is 3.72. The van der Waals surface area contributed by atoms with Crippen molar-refractivity contribution in [3.63, 3.8) is 0 Å². The Balaban J connectivity index is 1.99. The lowest BCUT2D eigenvalue weighted by Crippen LogP contribution is -2.25. The number of aromatic nitrogens is 2. The van der Waals surface area contributed by atoms with Gasteiger partial charge in [-0.3, -0.25) is 4.79 Å². The Kier molecular flexibility index (Phi) is 3.65. The number of nitrogens with zero attached hydrogens (tertiary/aromatic N) is 3. The minimum Gasteiger partial charge on any atom is -0.481 e. The summed E-state index contributed by atoms with van der Waals surface area (Å²) in [6.45, 7) is 3.21. The van der Waals surface area contributed by atoms with E-state index in [0.29, 0.717) is 6.04 Å². The lowest BCUT2D eigenvalue weighted by atomic mass is 10.2. The number of hydrogen-bond acceptors (Lipinski definition) is 6. The Bertz CT molecular complexity index is 383. The van der Waals surface area contributed by atoms with Crippen LogP contribution in [0.4, 0.5) is 5.13 Å². The maximum absolute atomic E-state index is 10.4. The summed E-state index contributed by atoms with van der Waals surface area (Å²) in [5.41, 5.74) is 0. The van der Waals surface area contributed by atoms with Crippen LogP contribution in [-0.2, 0) is 4.79 Å². The molecule has 2 heterocycles. The highest BCUT2D eigenvalue weighted by atomic mass is 32.2. The van der Waals surface area contributed by atoms with Gasteiger partial charge >= 0.3 is 5.97 Å². The summed E-state index contributed by atoms with van der Waals surface area (Å²) in [5, 5.41) is 17.6. The Hall–Kier alpha value is -0.820. The van der Waals surface area contributed by atoms with Gasteiger partial charge in [-0.25, -0.2) is 0 Å². The zero-order valence-electron chi connectivity index (χ0n) is 8.92. The average molecular weight is 259 g/mol. The third-order valence-electron chi connectivity index (χ3n) is 2.51. The van der Waals surface area contributed by atoms with Gasteiger partial charge in [0, 0.05) is 12.6 Å². The molecule has 1 aliphatic heterocycles. The molecule has 2 rings (SSSR count). The van der Waals surface area contributed by atoms with Crippen molar-refractivity contribution in [2.24, 2.45) is 0 Å². The van der Waals surface area contributed by atoms with Crippen LogP contribution >= 0.6 is 23.1 Å². The summed E-state index contributed by atoms with van der Waals surface area (Å²) >= 11 is 2.71. The summed E-state index contributed by atoms with van der Waals surface area (Å²) in [5.74, 6) is -0.777. The van der Waals surface area contributed by atoms with Crippen LogP contribution < -0.4 is 4.90 Å². The number of anilines is 1. The van der Waals surface area contributed by atoms with E-state index in [2.05, 4.69) is 22.0 Å². The van der Waals surface area contributed by atoms with Crippen molar-refractivity contribution in [1.29, 1.82) is 0 Å². The Morgan fingerprint density at radius 2 is 2.50 bits per heavy atom. The highest BCUT2D eigenvalue weighted by molar-refractivity contribution is 8.01. The number of hydrogen-bond donors (Lipinski definition) is 1. The first kappa shape index (κ1) is 11.7. The molecule has 0 bridgehead atoms. The van der Waals surface area contributed by atoms with Gasteiger partial charge in [0.05, 0.1) is 5.75 Å². The fourth-order valence-electron chi connectivity index (χ4n) is 1.72. The van der Waals surface area contributed by atoms with E-state index in [9.17, 15) is 4.79 Å². The molecule has 1 saturated heterocycles. The Morgan fingerprint density at radius 1 is 1.69 bits per heavy atom. The zero-order valence-corrected chi connectivity index (χ0v) is 10.6. The lowest BCUT2D eigenvalue weighted by Gasteiger charge is -2.18. The van der Waals surface area contributed by atoms with Crippen molar-refractivity contribution in [2.45, 2.75) is 30.1 Å². The summed E-state index contributed by atoms with van der Waals surface area (Å²) in [6.07, 6.45) is 2.38. The lowest BCUT2D eigenvalue weighted by molar-refractivity contribution is -0.133. The number of carboxylic acids is 1. The van der Waals surface area contributed by atoms with Crippen molar-refractivity contribution in [3.8, 4) is 0 Å². The van der Waals surface area contributed by atoms with Crippen molar-refractivity contribution in [3.05, 3.63) is 0 Å². The van der Waals surface area contributed by atoms with Gasteiger partial charge < -0.3 is 10.0 Å². The topological polar surface area (TPSA) is 66.3 Å². The molecule has 1 aromatic heterocycles. The van der Waals surface area contributed by atoms with Gasteiger partial charge in [0.2, 0.25) is 5.13 Å². The van der Waals surface area contributed by atoms with Gasteiger partial charge in [-0.15, -0.1) is 10.2 Å². The van der Waals surface area contributed by atoms with Gasteiger partial charge in [-0.1, -0.05) is 23.1 Å². The van der Waals surface area contributed by atoms with Gasteiger partial charge in [-0.2, -0.15) is 0 Å². The predicted octanol–water partition coefficient (Wildman–Crippen LogP) is 1.70. The molecule has 1 fully saturated rings. The Labute approximate surface area is 102 Å². The average Bonchev–Trinajstić information content (AvgIpc) is 2.83. The van der Waals surface area contributed by atoms with Crippen LogP contribution in [0.5, 0.6) is 0 Å². The summed E-state index contributed by atoms with van der Waals surface area (Å²) in [7, 11) is 0. The van der Waals surface area contributed by atoms with E-state index < -0.39 is 5.97 Å². The monoisotopic (exact) mass is 259 g/mol. The number of thioether (sulfide) groups is 1. The number of carbonyl (C=O) groups is 1. The largest absolute Gasteiger partial charge is 0.481 e. The molecule has 0 aromatic carbocycles. The van der Waals surface area contributed by atoms with Gasteiger partial charge in [0.1, 0.15) is 0 Å². The highest BCUT2D eigenvalue weighted by Crippen LogP contribution is 2.31. The van der Waals surface area contributed by atoms with E-state index in [4.69, 9.17) is 5.11 Å². The number of carboxylic acid groups (broad SMARTS) is 1. The van der Waals surface area contributed by atoms with Gasteiger partial charge in [0.15, 0.2) is 4.34 Å². The third kappa shape index (κ3) is 2.65. The molecule has 1 aliphatic rings. The van der Waals surface area contributed by atoms with Crippen molar-refractivity contribution in [2.75, 3.05) is 17.2 Å². The molecule has 1 aromatic rings. The summed E-state index contributed by atoms with van der Waals surface area (Å²) in [6, 6.07) is 0.519. The van der Waals surface area contributed by atoms with Crippen LogP contribution in [0.3, 0.4) is 0 Å². The zero-order chi connectivity index (χ0) is 11.5. The van der Waals surface area contributed by atoms with Crippen LogP contribution in [0.1, 0.15) is 19.8 Å². The molecule has 7 heteroatoms. The molecule has 0 aliphatic carbocycles. The molecule has 88 valence electrons. The van der Waals surface area contributed by atoms with Crippen LogP contribution in [0.15, 0.2) is 4.34 Å². The molecule has 16 heavy (non-hydrogen) atoms. The van der Waals surface area contributed by atoms with Crippen LogP contribution in [0.25, 0.3) is 0 Å². The summed E-state index contributed by atoms with van der Waals surface area (Å²) in [4.78, 5) is 12.7. The van der Waals surface area contributed by atoms with E-state index in [1.54, 1.807) is 0 Å². The first-order valence-electron chi connectivity index (χ1n) is 5.11. The molecule has 0 spiro atoms. The van der Waals surface area contributed by atoms with Crippen molar-refractivity contribution < 1.29 is 9.90 Å². The normalized spacial score (nSPS) is 20.3. The Morgan fingerprint density at radius 3 is 3.12 bits per heavy atom. The molecule has 5 nitrogen and oxygen atoms in total. The SMILES string of the molecule is CC1CCCN1c1nnc(SCC(=O)O)s1. The van der Waals surface area contributed by atoms with E-state index in [1.165, 1.54) is 35.9 Å². The fraction of sp³-hybridized carbons (Fsp3) is 0.667. The van der Waals surface area contributed by atoms with E-state index >= 15 is 0 Å². The molecule has 1 N–H and O–H groups in total. The number of rotatable bonds is 4. The molecule has 0 radical (unpaired) electrons. The highest BCUT2D eigenvalue weighted by Gasteiger charge is 2.23. The molecule has 0 amide bonds. The smallest absolute Gasteiger partial charge is 0.313 e. The maximum Gasteiger partial charge on any atom is 0.313 e. The van der Waals surface area contributed by atoms with E-state index in [1.807, 2.05) is 0 Å². The van der Waals surface area contributed by atoms with Crippen LogP contribution in [0.2, 0.25) is 0 Å². The standard InChI is InChI=1S/C9H13N3O2S2/c1-6-3-2-4-12(6)8-10-11-9(16-8)15-5-7(13)14/h6H,2-5H2,1H3,(H,13,14). The summed E-state index contributed by atoms with van der Waals surface area (Å²) < 4.78 is 0.733. The predicted molar refractivity (Wildman–Crippen MR) is 64.3 cm³/mol. The minimum atomic E-state index is -0.823. The van der Waals surface area contributed by atoms with Crippen molar-refractivity contribution in [1.82, 2.24) is 10.2 Å².